The molecule has 1 nitrogen and oxygen atoms in total. The van der Waals surface area contributed by atoms with Gasteiger partial charge >= 0.3 is 0 Å². The summed E-state index contributed by atoms with van der Waals surface area (Å²) >= 11 is 0. The van der Waals surface area contributed by atoms with Crippen LogP contribution in [0.2, 0.25) is 0 Å². The van der Waals surface area contributed by atoms with E-state index in [-0.39, 0.29) is 12.0 Å². The average molecular weight is 443 g/mol. The Balaban J connectivity index is 1.44. The van der Waals surface area contributed by atoms with Crippen molar-refractivity contribution in [1.82, 2.24) is 0 Å². The number of hydrogen-bond acceptors (Lipinski definition) is 1. The van der Waals surface area contributed by atoms with Gasteiger partial charge < -0.3 is 4.74 Å². The second-order valence-electron chi connectivity index (χ2n) is 10.7. The van der Waals surface area contributed by atoms with Crippen LogP contribution in [0.25, 0.3) is 5.57 Å². The van der Waals surface area contributed by atoms with Crippen LogP contribution in [0.1, 0.15) is 102 Å². The Labute approximate surface area is 193 Å². The Hall–Kier alpha value is -1.48. The van der Waals surface area contributed by atoms with Crippen molar-refractivity contribution >= 4 is 5.57 Å². The van der Waals surface area contributed by atoms with E-state index in [0.29, 0.717) is 17.9 Å². The largest absolute Gasteiger partial charge is 0.373 e. The van der Waals surface area contributed by atoms with Gasteiger partial charge in [0.15, 0.2) is 5.83 Å². The third kappa shape index (κ3) is 4.74. The highest BCUT2D eigenvalue weighted by Crippen LogP contribution is 2.53. The van der Waals surface area contributed by atoms with Crippen molar-refractivity contribution in [3.63, 3.8) is 0 Å². The zero-order valence-electron chi connectivity index (χ0n) is 20.1. The second-order valence-corrected chi connectivity index (χ2v) is 10.7. The Morgan fingerprint density at radius 2 is 1.62 bits per heavy atom. The quantitative estimate of drug-likeness (QED) is 0.427. The minimum Gasteiger partial charge on any atom is -0.373 e. The standard InChI is InChI=1S/C29H40F2O/c1-4-6-21-9-16-26(32-19-21)23-12-10-22(11-13-23)25-17-18-29(3,28(31)27(25)30)24-14-7-20(5-2)8-15-24/h10-13,17,20-21,24,26H,4-9,14-16,18-19H2,1-3H3. The van der Waals surface area contributed by atoms with E-state index in [1.54, 1.807) is 0 Å². The predicted molar refractivity (Wildman–Crippen MR) is 128 cm³/mol. The first-order chi connectivity index (χ1) is 15.5. The third-order valence-electron chi connectivity index (χ3n) is 8.65. The molecule has 3 heteroatoms. The molecular formula is C29H40F2O. The summed E-state index contributed by atoms with van der Waals surface area (Å²) in [5.74, 6) is 0.482. The van der Waals surface area contributed by atoms with Crippen LogP contribution < -0.4 is 0 Å². The number of allylic oxidation sites excluding steroid dienone is 4. The fourth-order valence-electron chi connectivity index (χ4n) is 6.24. The van der Waals surface area contributed by atoms with E-state index in [0.717, 1.165) is 55.8 Å². The molecule has 0 radical (unpaired) electrons. The van der Waals surface area contributed by atoms with E-state index < -0.39 is 17.1 Å². The van der Waals surface area contributed by atoms with E-state index in [4.69, 9.17) is 4.74 Å². The first-order valence-electron chi connectivity index (χ1n) is 12.9. The van der Waals surface area contributed by atoms with Crippen LogP contribution in [0.5, 0.6) is 0 Å². The first kappa shape index (κ1) is 23.7. The van der Waals surface area contributed by atoms with Crippen molar-refractivity contribution in [1.29, 1.82) is 0 Å². The Bertz CT molecular complexity index is 823. The molecule has 2 aliphatic carbocycles. The van der Waals surface area contributed by atoms with Gasteiger partial charge in [0.25, 0.3) is 0 Å². The minimum atomic E-state index is -0.697. The summed E-state index contributed by atoms with van der Waals surface area (Å²) in [5, 5.41) is 0. The number of ether oxygens (including phenoxy) is 1. The molecule has 4 rings (SSSR count). The second kappa shape index (κ2) is 10.2. The van der Waals surface area contributed by atoms with Crippen LogP contribution in [-0.4, -0.2) is 6.61 Å². The summed E-state index contributed by atoms with van der Waals surface area (Å²) < 4.78 is 36.8. The van der Waals surface area contributed by atoms with E-state index in [1.807, 2.05) is 37.3 Å². The Morgan fingerprint density at radius 3 is 2.22 bits per heavy atom. The van der Waals surface area contributed by atoms with Crippen LogP contribution in [0, 0.1) is 23.2 Å². The maximum absolute atomic E-state index is 15.4. The summed E-state index contributed by atoms with van der Waals surface area (Å²) in [5.41, 5.74) is 1.62. The van der Waals surface area contributed by atoms with Crippen molar-refractivity contribution in [3.8, 4) is 0 Å². The zero-order chi connectivity index (χ0) is 22.7. The molecular weight excluding hydrogens is 402 g/mol. The molecule has 3 aliphatic rings. The molecule has 1 aromatic carbocycles. The summed E-state index contributed by atoms with van der Waals surface area (Å²) in [7, 11) is 0. The predicted octanol–water partition coefficient (Wildman–Crippen LogP) is 9.11. The molecule has 2 fully saturated rings. The lowest BCUT2D eigenvalue weighted by Crippen LogP contribution is -2.33. The Kier molecular flexibility index (Phi) is 7.54. The van der Waals surface area contributed by atoms with Crippen molar-refractivity contribution in [2.75, 3.05) is 6.61 Å². The topological polar surface area (TPSA) is 9.23 Å². The molecule has 0 aromatic heterocycles. The number of halogens is 2. The number of benzene rings is 1. The zero-order valence-corrected chi connectivity index (χ0v) is 20.1. The van der Waals surface area contributed by atoms with Crippen molar-refractivity contribution in [2.24, 2.45) is 23.2 Å². The molecule has 0 spiro atoms. The maximum Gasteiger partial charge on any atom is 0.162 e. The van der Waals surface area contributed by atoms with Gasteiger partial charge in [-0.3, -0.25) is 0 Å². The molecule has 0 bridgehead atoms. The Morgan fingerprint density at radius 1 is 0.938 bits per heavy atom. The van der Waals surface area contributed by atoms with E-state index in [1.165, 1.54) is 25.7 Å². The lowest BCUT2D eigenvalue weighted by atomic mass is 9.63. The van der Waals surface area contributed by atoms with Gasteiger partial charge in [-0.2, -0.15) is 0 Å². The molecule has 3 unspecified atom stereocenters. The van der Waals surface area contributed by atoms with Crippen LogP contribution >= 0.6 is 0 Å². The molecule has 1 saturated carbocycles. The molecule has 1 saturated heterocycles. The molecule has 1 heterocycles. The third-order valence-corrected chi connectivity index (χ3v) is 8.65. The average Bonchev–Trinajstić information content (AvgIpc) is 2.84. The van der Waals surface area contributed by atoms with Gasteiger partial charge in [-0.1, -0.05) is 76.8 Å². The number of rotatable bonds is 6. The van der Waals surface area contributed by atoms with Gasteiger partial charge in [0.05, 0.1) is 12.7 Å². The molecule has 1 aliphatic heterocycles. The normalized spacial score (nSPS) is 33.8. The SMILES string of the molecule is CCCC1CCC(c2ccc(C3=CCC(C)(C4CCC(CC)CC4)C(F)=C3F)cc2)OC1. The van der Waals surface area contributed by atoms with Gasteiger partial charge in [0.1, 0.15) is 5.83 Å². The highest BCUT2D eigenvalue weighted by Gasteiger charge is 2.43. The summed E-state index contributed by atoms with van der Waals surface area (Å²) in [6.45, 7) is 7.21. The summed E-state index contributed by atoms with van der Waals surface area (Å²) in [6.07, 6.45) is 12.8. The van der Waals surface area contributed by atoms with Gasteiger partial charge in [-0.05, 0) is 67.4 Å². The summed E-state index contributed by atoms with van der Waals surface area (Å²) in [6, 6.07) is 7.94. The van der Waals surface area contributed by atoms with Gasteiger partial charge in [-0.15, -0.1) is 0 Å². The fraction of sp³-hybridized carbons (Fsp3) is 0.655. The number of hydrogen-bond donors (Lipinski definition) is 0. The monoisotopic (exact) mass is 442 g/mol. The van der Waals surface area contributed by atoms with Crippen LogP contribution in [0.4, 0.5) is 8.78 Å². The van der Waals surface area contributed by atoms with Crippen LogP contribution in [0.3, 0.4) is 0 Å². The van der Waals surface area contributed by atoms with Crippen molar-refractivity contribution < 1.29 is 13.5 Å². The van der Waals surface area contributed by atoms with Gasteiger partial charge in [0, 0.05) is 11.0 Å². The first-order valence-corrected chi connectivity index (χ1v) is 12.9. The van der Waals surface area contributed by atoms with Crippen LogP contribution in [0.15, 0.2) is 42.0 Å². The molecule has 176 valence electrons. The smallest absolute Gasteiger partial charge is 0.162 e. The van der Waals surface area contributed by atoms with E-state index in [9.17, 15) is 0 Å². The highest BCUT2D eigenvalue weighted by atomic mass is 19.2. The molecule has 0 amide bonds. The van der Waals surface area contributed by atoms with E-state index >= 15 is 8.78 Å². The van der Waals surface area contributed by atoms with Crippen molar-refractivity contribution in [3.05, 3.63) is 53.1 Å². The molecule has 32 heavy (non-hydrogen) atoms. The van der Waals surface area contributed by atoms with Gasteiger partial charge in [-0.25, -0.2) is 8.78 Å². The van der Waals surface area contributed by atoms with E-state index in [2.05, 4.69) is 13.8 Å². The van der Waals surface area contributed by atoms with Crippen LogP contribution in [-0.2, 0) is 4.74 Å². The lowest BCUT2D eigenvalue weighted by Gasteiger charge is -2.42. The molecule has 1 aromatic rings. The lowest BCUT2D eigenvalue weighted by molar-refractivity contribution is -0.0194. The molecule has 3 atom stereocenters. The maximum atomic E-state index is 15.4. The summed E-state index contributed by atoms with van der Waals surface area (Å²) in [4.78, 5) is 0. The fourth-order valence-corrected chi connectivity index (χ4v) is 6.24. The molecule has 0 N–H and O–H groups in total. The van der Waals surface area contributed by atoms with Crippen molar-refractivity contribution in [2.45, 2.75) is 91.1 Å². The highest BCUT2D eigenvalue weighted by molar-refractivity contribution is 5.79. The van der Waals surface area contributed by atoms with Gasteiger partial charge in [0.2, 0.25) is 0 Å². The minimum absolute atomic E-state index is 0.121.